The van der Waals surface area contributed by atoms with Gasteiger partial charge in [0.15, 0.2) is 0 Å². The van der Waals surface area contributed by atoms with Crippen LogP contribution in [0.15, 0.2) is 27.6 Å². The summed E-state index contributed by atoms with van der Waals surface area (Å²) in [6, 6.07) is 4.99. The Morgan fingerprint density at radius 3 is 2.63 bits per heavy atom. The molecule has 0 aliphatic carbocycles. The fourth-order valence-electron chi connectivity index (χ4n) is 1.41. The van der Waals surface area contributed by atoms with Crippen molar-refractivity contribution in [2.75, 3.05) is 20.1 Å². The smallest absolute Gasteiger partial charge is 0.241 e. The van der Waals surface area contributed by atoms with Crippen LogP contribution in [0.25, 0.3) is 0 Å². The van der Waals surface area contributed by atoms with Crippen molar-refractivity contribution in [2.45, 2.75) is 18.7 Å². The Morgan fingerprint density at radius 2 is 2.05 bits per heavy atom. The van der Waals surface area contributed by atoms with E-state index in [0.717, 1.165) is 0 Å². The van der Waals surface area contributed by atoms with Crippen LogP contribution in [0.1, 0.15) is 12.5 Å². The summed E-state index contributed by atoms with van der Waals surface area (Å²) in [5, 5.41) is 0. The number of nitrogens with zero attached hydrogens (tertiary/aromatic N) is 1. The Bertz CT molecular complexity index is 572. The summed E-state index contributed by atoms with van der Waals surface area (Å²) < 4.78 is 27.2. The number of hydrogen-bond donors (Lipinski definition) is 1. The number of halogens is 1. The number of sulfonamides is 1. The molecule has 1 aromatic rings. The highest BCUT2D eigenvalue weighted by Crippen LogP contribution is 2.20. The Balaban J connectivity index is 2.88. The minimum Gasteiger partial charge on any atom is -0.345 e. The maximum absolute atomic E-state index is 12.1. The third kappa shape index (κ3) is 4.29. The summed E-state index contributed by atoms with van der Waals surface area (Å²) in [7, 11) is -2.05. The molecular formula is C12H17BrN2O3S. The van der Waals surface area contributed by atoms with E-state index in [9.17, 15) is 13.2 Å². The van der Waals surface area contributed by atoms with Gasteiger partial charge in [0, 0.05) is 18.1 Å². The van der Waals surface area contributed by atoms with E-state index in [-0.39, 0.29) is 17.3 Å². The number of likely N-dealkylation sites (N-methyl/N-ethyl adjacent to an activating group) is 1. The van der Waals surface area contributed by atoms with E-state index < -0.39 is 10.0 Å². The normalized spacial score (nSPS) is 11.4. The van der Waals surface area contributed by atoms with Crippen molar-refractivity contribution in [2.24, 2.45) is 0 Å². The zero-order valence-electron chi connectivity index (χ0n) is 11.1. The fourth-order valence-corrected chi connectivity index (χ4v) is 3.16. The van der Waals surface area contributed by atoms with Crippen LogP contribution in [-0.4, -0.2) is 39.4 Å². The number of nitrogens with one attached hydrogen (secondary N) is 1. The standard InChI is InChI=1S/C12H17BrN2O3S/c1-4-15(3)12(16)8-14-19(17,18)11-7-10(13)6-5-9(11)2/h5-7,14H,4,8H2,1-3H3. The molecule has 0 saturated heterocycles. The fraction of sp³-hybridized carbons (Fsp3) is 0.417. The molecule has 0 fully saturated rings. The maximum Gasteiger partial charge on any atom is 0.241 e. The minimum atomic E-state index is -3.68. The van der Waals surface area contributed by atoms with Gasteiger partial charge in [0.1, 0.15) is 0 Å². The number of rotatable bonds is 5. The summed E-state index contributed by atoms with van der Waals surface area (Å²) in [4.78, 5) is 13.2. The highest BCUT2D eigenvalue weighted by Gasteiger charge is 2.19. The van der Waals surface area contributed by atoms with Crippen molar-refractivity contribution in [3.8, 4) is 0 Å². The summed E-state index contributed by atoms with van der Waals surface area (Å²) in [5.74, 6) is -0.265. The summed E-state index contributed by atoms with van der Waals surface area (Å²) in [5.41, 5.74) is 0.631. The van der Waals surface area contributed by atoms with Crippen molar-refractivity contribution in [1.29, 1.82) is 0 Å². The van der Waals surface area contributed by atoms with Gasteiger partial charge in [0.25, 0.3) is 0 Å². The van der Waals surface area contributed by atoms with Crippen molar-refractivity contribution in [1.82, 2.24) is 9.62 Å². The van der Waals surface area contributed by atoms with Crippen LogP contribution < -0.4 is 4.72 Å². The van der Waals surface area contributed by atoms with Gasteiger partial charge in [-0.3, -0.25) is 4.79 Å². The lowest BCUT2D eigenvalue weighted by atomic mass is 10.2. The predicted octanol–water partition coefficient (Wildman–Crippen LogP) is 1.51. The quantitative estimate of drug-likeness (QED) is 0.876. The molecule has 1 amide bonds. The largest absolute Gasteiger partial charge is 0.345 e. The van der Waals surface area contributed by atoms with Gasteiger partial charge in [0.2, 0.25) is 15.9 Å². The lowest BCUT2D eigenvalue weighted by Gasteiger charge is -2.15. The highest BCUT2D eigenvalue weighted by molar-refractivity contribution is 9.10. The van der Waals surface area contributed by atoms with E-state index in [2.05, 4.69) is 20.7 Å². The van der Waals surface area contributed by atoms with Crippen molar-refractivity contribution >= 4 is 31.9 Å². The van der Waals surface area contributed by atoms with E-state index in [1.165, 1.54) is 11.0 Å². The first-order valence-corrected chi connectivity index (χ1v) is 8.05. The first-order chi connectivity index (χ1) is 8.77. The van der Waals surface area contributed by atoms with E-state index in [1.54, 1.807) is 26.1 Å². The molecule has 0 spiro atoms. The van der Waals surface area contributed by atoms with Gasteiger partial charge in [-0.15, -0.1) is 0 Å². The summed E-state index contributed by atoms with van der Waals surface area (Å²) >= 11 is 3.24. The van der Waals surface area contributed by atoms with Gasteiger partial charge in [-0.1, -0.05) is 22.0 Å². The molecule has 1 rings (SSSR count). The average molecular weight is 349 g/mol. The van der Waals surface area contributed by atoms with Gasteiger partial charge in [-0.05, 0) is 31.5 Å². The van der Waals surface area contributed by atoms with Crippen LogP contribution in [0.2, 0.25) is 0 Å². The SMILES string of the molecule is CCN(C)C(=O)CNS(=O)(=O)c1cc(Br)ccc1C. The third-order valence-corrected chi connectivity index (χ3v) is 4.79. The number of carbonyl (C=O) groups excluding carboxylic acids is 1. The first kappa shape index (κ1) is 16.1. The van der Waals surface area contributed by atoms with Crippen LogP contribution in [0.5, 0.6) is 0 Å². The first-order valence-electron chi connectivity index (χ1n) is 5.77. The molecule has 0 aliphatic heterocycles. The predicted molar refractivity (Wildman–Crippen MR) is 77.4 cm³/mol. The summed E-state index contributed by atoms with van der Waals surface area (Å²) in [6.45, 7) is 3.83. The zero-order valence-corrected chi connectivity index (χ0v) is 13.5. The van der Waals surface area contributed by atoms with Crippen LogP contribution >= 0.6 is 15.9 Å². The lowest BCUT2D eigenvalue weighted by molar-refractivity contribution is -0.128. The summed E-state index contributed by atoms with van der Waals surface area (Å²) in [6.07, 6.45) is 0. The topological polar surface area (TPSA) is 66.5 Å². The van der Waals surface area contributed by atoms with Gasteiger partial charge in [-0.2, -0.15) is 0 Å². The Hall–Kier alpha value is -0.920. The van der Waals surface area contributed by atoms with Crippen molar-refractivity contribution < 1.29 is 13.2 Å². The number of benzene rings is 1. The molecule has 0 atom stereocenters. The Labute approximate surface area is 122 Å². The molecule has 0 radical (unpaired) electrons. The molecular weight excluding hydrogens is 332 g/mol. The molecule has 1 aromatic carbocycles. The Morgan fingerprint density at radius 1 is 1.42 bits per heavy atom. The van der Waals surface area contributed by atoms with E-state index in [0.29, 0.717) is 16.6 Å². The molecule has 7 heteroatoms. The van der Waals surface area contributed by atoms with Crippen LogP contribution in [0, 0.1) is 6.92 Å². The molecule has 19 heavy (non-hydrogen) atoms. The molecule has 0 aliphatic rings. The van der Waals surface area contributed by atoms with Crippen molar-refractivity contribution in [3.05, 3.63) is 28.2 Å². The van der Waals surface area contributed by atoms with Gasteiger partial charge >= 0.3 is 0 Å². The van der Waals surface area contributed by atoms with Gasteiger partial charge in [0.05, 0.1) is 11.4 Å². The third-order valence-electron chi connectivity index (χ3n) is 2.75. The highest BCUT2D eigenvalue weighted by atomic mass is 79.9. The molecule has 0 bridgehead atoms. The molecule has 0 aromatic heterocycles. The number of amides is 1. The molecule has 0 unspecified atom stereocenters. The van der Waals surface area contributed by atoms with E-state index in [1.807, 2.05) is 6.92 Å². The van der Waals surface area contributed by atoms with E-state index in [4.69, 9.17) is 0 Å². The number of aryl methyl sites for hydroxylation is 1. The van der Waals surface area contributed by atoms with Gasteiger partial charge < -0.3 is 4.90 Å². The molecule has 106 valence electrons. The molecule has 1 N–H and O–H groups in total. The minimum absolute atomic E-state index is 0.175. The van der Waals surface area contributed by atoms with Gasteiger partial charge in [-0.25, -0.2) is 13.1 Å². The maximum atomic E-state index is 12.1. The number of hydrogen-bond acceptors (Lipinski definition) is 3. The second kappa shape index (κ2) is 6.49. The van der Waals surface area contributed by atoms with E-state index >= 15 is 0 Å². The van der Waals surface area contributed by atoms with Crippen LogP contribution in [-0.2, 0) is 14.8 Å². The molecule has 0 saturated carbocycles. The lowest BCUT2D eigenvalue weighted by Crippen LogP contribution is -2.38. The number of carbonyl (C=O) groups is 1. The van der Waals surface area contributed by atoms with Crippen LogP contribution in [0.4, 0.5) is 0 Å². The van der Waals surface area contributed by atoms with Crippen molar-refractivity contribution in [3.63, 3.8) is 0 Å². The second-order valence-electron chi connectivity index (χ2n) is 4.14. The Kier molecular flexibility index (Phi) is 5.51. The second-order valence-corrected chi connectivity index (χ2v) is 6.79. The zero-order chi connectivity index (χ0) is 14.6. The van der Waals surface area contributed by atoms with Crippen LogP contribution in [0.3, 0.4) is 0 Å². The average Bonchev–Trinajstić information content (AvgIpc) is 2.37. The molecule has 0 heterocycles. The monoisotopic (exact) mass is 348 g/mol. The molecule has 5 nitrogen and oxygen atoms in total.